The van der Waals surface area contributed by atoms with Crippen molar-refractivity contribution < 1.29 is 13.7 Å². The molecule has 7 nitrogen and oxygen atoms in total. The van der Waals surface area contributed by atoms with Crippen LogP contribution < -0.4 is 15.0 Å². The van der Waals surface area contributed by atoms with Gasteiger partial charge in [0.1, 0.15) is 6.61 Å². The summed E-state index contributed by atoms with van der Waals surface area (Å²) in [6.07, 6.45) is 0. The third-order valence-corrected chi connectivity index (χ3v) is 7.03. The molecule has 0 fully saturated rings. The molecular formula is C28H24IN3O4S. The Labute approximate surface area is 230 Å². The molecule has 0 aliphatic heterocycles. The minimum atomic E-state index is -0.192. The average molecular weight is 625 g/mol. The maximum Gasteiger partial charge on any atom is 0.280 e. The number of nitrogens with zero attached hydrogens (tertiary/aromatic N) is 2. The fraction of sp³-hybridized carbons (Fsp3) is 0.143. The van der Waals surface area contributed by atoms with Crippen molar-refractivity contribution in [2.75, 3.05) is 20.3 Å². The summed E-state index contributed by atoms with van der Waals surface area (Å²) in [5.41, 5.74) is 5.86. The molecule has 5 rings (SSSR count). The van der Waals surface area contributed by atoms with Gasteiger partial charge in [-0.05, 0) is 30.2 Å². The molecule has 188 valence electrons. The summed E-state index contributed by atoms with van der Waals surface area (Å²) in [6, 6.07) is 25.4. The lowest BCUT2D eigenvalue weighted by molar-refractivity contribution is 0.232. The summed E-state index contributed by atoms with van der Waals surface area (Å²) < 4.78 is 18.2. The van der Waals surface area contributed by atoms with Crippen LogP contribution >= 0.6 is 30.4 Å². The fourth-order valence-electron chi connectivity index (χ4n) is 4.36. The second-order valence-corrected chi connectivity index (χ2v) is 9.67. The van der Waals surface area contributed by atoms with Crippen molar-refractivity contribution >= 4 is 36.1 Å². The zero-order valence-corrected chi connectivity index (χ0v) is 23.2. The molecule has 0 radical (unpaired) electrons. The largest absolute Gasteiger partial charge is 0.493 e. The number of hydrogen-bond acceptors (Lipinski definition) is 6. The first-order valence-electron chi connectivity index (χ1n) is 11.6. The molecule has 0 aliphatic carbocycles. The number of hydrogen-bond donors (Lipinski definition) is 1. The first-order valence-corrected chi connectivity index (χ1v) is 14.9. The smallest absolute Gasteiger partial charge is 0.280 e. The Balaban J connectivity index is 1.68. The molecule has 1 N–H and O–H groups in total. The topological polar surface area (TPSA) is 77.8 Å². The van der Waals surface area contributed by atoms with Gasteiger partial charge in [0.05, 0.1) is 45.4 Å². The zero-order chi connectivity index (χ0) is 25.8. The summed E-state index contributed by atoms with van der Waals surface area (Å²) in [6.45, 7) is 2.63. The monoisotopic (exact) mass is 625 g/mol. The molecule has 3 aromatic carbocycles. The number of aromatic nitrogens is 3. The highest BCUT2D eigenvalue weighted by Gasteiger charge is 2.22. The molecule has 2 aromatic heterocycles. The number of aryl methyl sites for hydroxylation is 1. The minimum Gasteiger partial charge on any atom is -0.493 e. The van der Waals surface area contributed by atoms with Crippen LogP contribution in [0.4, 0.5) is 0 Å². The molecule has 0 unspecified atom stereocenters. The maximum absolute atomic E-state index is 13.9. The SMILES string of the molecule is COc1ccc(-c2c(C)nc3c(-c4ccccc4)c(-c4ccccc4)[nH]n3c2=O)cc1OCCOSI. The molecule has 0 aliphatic rings. The van der Waals surface area contributed by atoms with Crippen LogP contribution in [0.15, 0.2) is 83.7 Å². The van der Waals surface area contributed by atoms with E-state index < -0.39 is 0 Å². The van der Waals surface area contributed by atoms with Crippen LogP contribution in [0.25, 0.3) is 39.2 Å². The molecule has 37 heavy (non-hydrogen) atoms. The molecule has 0 saturated heterocycles. The van der Waals surface area contributed by atoms with Crippen molar-refractivity contribution in [1.82, 2.24) is 14.6 Å². The van der Waals surface area contributed by atoms with E-state index in [-0.39, 0.29) is 5.56 Å². The van der Waals surface area contributed by atoms with E-state index in [1.807, 2.05) is 79.7 Å². The Hall–Kier alpha value is -3.28. The van der Waals surface area contributed by atoms with Crippen molar-refractivity contribution in [3.63, 3.8) is 0 Å². The van der Waals surface area contributed by atoms with Gasteiger partial charge in [-0.1, -0.05) is 66.7 Å². The summed E-state index contributed by atoms with van der Waals surface area (Å²) in [4.78, 5) is 18.9. The predicted octanol–water partition coefficient (Wildman–Crippen LogP) is 6.73. The number of nitrogens with one attached hydrogen (secondary N) is 1. The van der Waals surface area contributed by atoms with Gasteiger partial charge in [0, 0.05) is 26.8 Å². The van der Waals surface area contributed by atoms with Gasteiger partial charge in [0.2, 0.25) is 0 Å². The third-order valence-electron chi connectivity index (χ3n) is 6.01. The fourth-order valence-corrected chi connectivity index (χ4v) is 5.04. The number of rotatable bonds is 9. The highest BCUT2D eigenvalue weighted by Crippen LogP contribution is 2.36. The molecular weight excluding hydrogens is 601 g/mol. The van der Waals surface area contributed by atoms with E-state index in [1.54, 1.807) is 13.2 Å². The number of halogens is 1. The number of aromatic amines is 1. The van der Waals surface area contributed by atoms with Crippen molar-refractivity contribution in [3.05, 3.63) is 94.9 Å². The Morgan fingerprint density at radius 1 is 0.892 bits per heavy atom. The van der Waals surface area contributed by atoms with Gasteiger partial charge >= 0.3 is 0 Å². The van der Waals surface area contributed by atoms with Gasteiger partial charge in [-0.25, -0.2) is 4.98 Å². The van der Waals surface area contributed by atoms with E-state index in [0.29, 0.717) is 47.2 Å². The molecule has 0 amide bonds. The summed E-state index contributed by atoms with van der Waals surface area (Å²) in [5, 5.41) is 3.34. The molecule has 2 heterocycles. The Kier molecular flexibility index (Phi) is 7.82. The van der Waals surface area contributed by atoms with Gasteiger partial charge < -0.3 is 13.7 Å². The predicted molar refractivity (Wildman–Crippen MR) is 156 cm³/mol. The molecule has 0 spiro atoms. The molecule has 0 saturated carbocycles. The quantitative estimate of drug-likeness (QED) is 0.111. The second-order valence-electron chi connectivity index (χ2n) is 8.23. The summed E-state index contributed by atoms with van der Waals surface area (Å²) in [5.74, 6) is 1.11. The van der Waals surface area contributed by atoms with E-state index in [1.165, 1.54) is 13.7 Å². The van der Waals surface area contributed by atoms with Gasteiger partial charge in [0.15, 0.2) is 17.1 Å². The van der Waals surface area contributed by atoms with Crippen LogP contribution in [0.3, 0.4) is 0 Å². The zero-order valence-electron chi connectivity index (χ0n) is 20.2. The van der Waals surface area contributed by atoms with Crippen LogP contribution in [0.2, 0.25) is 0 Å². The normalized spacial score (nSPS) is 11.1. The van der Waals surface area contributed by atoms with Gasteiger partial charge in [-0.2, -0.15) is 4.52 Å². The number of H-pyrrole nitrogens is 1. The number of fused-ring (bicyclic) bond motifs is 1. The van der Waals surface area contributed by atoms with E-state index in [4.69, 9.17) is 18.6 Å². The highest BCUT2D eigenvalue weighted by molar-refractivity contribution is 14.2. The molecule has 5 aromatic rings. The van der Waals surface area contributed by atoms with E-state index in [2.05, 4.69) is 26.3 Å². The Morgan fingerprint density at radius 3 is 2.27 bits per heavy atom. The lowest BCUT2D eigenvalue weighted by Gasteiger charge is -2.13. The van der Waals surface area contributed by atoms with Crippen LogP contribution in [-0.4, -0.2) is 34.9 Å². The molecule has 0 bridgehead atoms. The van der Waals surface area contributed by atoms with Crippen molar-refractivity contribution in [2.45, 2.75) is 6.92 Å². The number of methoxy groups -OCH3 is 1. The standard InChI is InChI=1S/C28H24IN3O4S/c1-18-24(21-13-14-22(34-2)23(17-21)35-15-16-36-37-29)28(33)32-27(30-18)25(19-9-5-3-6-10-19)26(31-32)20-11-7-4-8-12-20/h3-14,17,31H,15-16H2,1-2H3. The van der Waals surface area contributed by atoms with Crippen LogP contribution in [0, 0.1) is 6.92 Å². The first-order chi connectivity index (χ1) is 18.1. The Bertz CT molecular complexity index is 1590. The van der Waals surface area contributed by atoms with Gasteiger partial charge in [-0.15, -0.1) is 0 Å². The summed E-state index contributed by atoms with van der Waals surface area (Å²) in [7, 11) is 2.84. The van der Waals surface area contributed by atoms with Crippen LogP contribution in [-0.2, 0) is 4.18 Å². The van der Waals surface area contributed by atoms with Crippen LogP contribution in [0.1, 0.15) is 5.69 Å². The van der Waals surface area contributed by atoms with Gasteiger partial charge in [-0.3, -0.25) is 9.89 Å². The lowest BCUT2D eigenvalue weighted by atomic mass is 10.0. The third kappa shape index (κ3) is 5.11. The first kappa shape index (κ1) is 25.4. The van der Waals surface area contributed by atoms with Crippen molar-refractivity contribution in [3.8, 4) is 45.0 Å². The van der Waals surface area contributed by atoms with Crippen molar-refractivity contribution in [2.24, 2.45) is 0 Å². The number of benzene rings is 3. The number of ether oxygens (including phenoxy) is 2. The highest BCUT2D eigenvalue weighted by atomic mass is 127. The van der Waals surface area contributed by atoms with E-state index in [0.717, 1.165) is 22.4 Å². The van der Waals surface area contributed by atoms with E-state index in [9.17, 15) is 4.79 Å². The summed E-state index contributed by atoms with van der Waals surface area (Å²) >= 11 is 2.06. The minimum absolute atomic E-state index is 0.192. The van der Waals surface area contributed by atoms with Crippen molar-refractivity contribution in [1.29, 1.82) is 0 Å². The lowest BCUT2D eigenvalue weighted by Crippen LogP contribution is -2.19. The molecule has 9 heteroatoms. The average Bonchev–Trinajstić information content (AvgIpc) is 3.32. The van der Waals surface area contributed by atoms with E-state index >= 15 is 0 Å². The van der Waals surface area contributed by atoms with Gasteiger partial charge in [0.25, 0.3) is 5.56 Å². The maximum atomic E-state index is 13.9. The van der Waals surface area contributed by atoms with Crippen LogP contribution in [0.5, 0.6) is 11.5 Å². The molecule has 0 atom stereocenters. The second kappa shape index (κ2) is 11.4. The Morgan fingerprint density at radius 2 is 1.59 bits per heavy atom.